The van der Waals surface area contributed by atoms with Crippen LogP contribution in [-0.4, -0.2) is 110 Å². The van der Waals surface area contributed by atoms with Gasteiger partial charge >= 0.3 is 6.09 Å². The average molecular weight is 856 g/mol. The van der Waals surface area contributed by atoms with Crippen molar-refractivity contribution in [3.8, 4) is 11.5 Å². The molecule has 334 valence electrons. The number of hydrogen-bond donors (Lipinski definition) is 2. The number of rotatable bonds is 24. The molecule has 6 atom stereocenters. The molecule has 12 nitrogen and oxygen atoms in total. The Morgan fingerprint density at radius 1 is 0.984 bits per heavy atom. The van der Waals surface area contributed by atoms with Crippen LogP contribution in [0.5, 0.6) is 11.5 Å². The van der Waals surface area contributed by atoms with Crippen LogP contribution in [0.3, 0.4) is 0 Å². The first-order chi connectivity index (χ1) is 30.4. The highest BCUT2D eigenvalue weighted by atomic mass is 19.1. The van der Waals surface area contributed by atoms with Crippen LogP contribution < -0.4 is 9.47 Å². The molecule has 0 bridgehead atoms. The maximum absolute atomic E-state index is 14.7. The van der Waals surface area contributed by atoms with E-state index in [1.807, 2.05) is 42.5 Å². The largest absolute Gasteiger partial charge is 0.492 e. The average Bonchev–Trinajstić information content (AvgIpc) is 4.12. The van der Waals surface area contributed by atoms with Crippen LogP contribution >= 0.6 is 0 Å². The number of aliphatic hydroxyl groups excluding tert-OH is 2. The third kappa shape index (κ3) is 10.9. The number of fused-ring (bicyclic) bond motifs is 2. The van der Waals surface area contributed by atoms with Gasteiger partial charge in [0.25, 0.3) is 0 Å². The van der Waals surface area contributed by atoms with E-state index < -0.39 is 29.7 Å². The van der Waals surface area contributed by atoms with Gasteiger partial charge in [0.2, 0.25) is 5.79 Å². The minimum atomic E-state index is -1.49. The molecule has 1 saturated heterocycles. The van der Waals surface area contributed by atoms with E-state index in [-0.39, 0.29) is 63.8 Å². The number of carbonyl (C=O) groups excluding carboxylic acids is 1. The molecular formula is C49H62FN3O9. The molecule has 2 aliphatic heterocycles. The number of benzene rings is 3. The van der Waals surface area contributed by atoms with E-state index in [4.69, 9.17) is 28.5 Å². The highest BCUT2D eigenvalue weighted by Gasteiger charge is 2.65. The van der Waals surface area contributed by atoms with Crippen LogP contribution in [0, 0.1) is 23.6 Å². The molecule has 2 N–H and O–H groups in total. The van der Waals surface area contributed by atoms with Gasteiger partial charge in [-0.2, -0.15) is 0 Å². The number of unbranched alkanes of at least 4 members (excludes halogenated alkanes) is 2. The van der Waals surface area contributed by atoms with Gasteiger partial charge in [-0.3, -0.25) is 9.80 Å². The van der Waals surface area contributed by atoms with Crippen molar-refractivity contribution in [1.82, 2.24) is 9.80 Å². The molecule has 0 unspecified atom stereocenters. The van der Waals surface area contributed by atoms with Crippen molar-refractivity contribution in [1.29, 1.82) is 0 Å². The molecule has 3 aromatic carbocycles. The van der Waals surface area contributed by atoms with Crippen molar-refractivity contribution in [3.05, 3.63) is 120 Å². The van der Waals surface area contributed by atoms with Gasteiger partial charge < -0.3 is 38.7 Å². The summed E-state index contributed by atoms with van der Waals surface area (Å²) in [5, 5.41) is 24.5. The van der Waals surface area contributed by atoms with Crippen LogP contribution in [0.25, 0.3) is 0 Å². The molecule has 2 heterocycles. The van der Waals surface area contributed by atoms with Crippen LogP contribution in [0.15, 0.2) is 102 Å². The number of allylic oxidation sites excluding steroid dienone is 1. The first-order valence-electron chi connectivity index (χ1n) is 22.1. The van der Waals surface area contributed by atoms with Crippen LogP contribution in [0.2, 0.25) is 0 Å². The molecule has 2 aliphatic carbocycles. The lowest BCUT2D eigenvalue weighted by atomic mass is 9.55. The molecule has 3 aromatic rings. The standard InChI is InChI=1S/C49H62FN3O9/c1-3-26-61-49-45(53(33-35-15-17-38(50)18-16-35)48(56)60-29-28-58-34-36-11-5-4-6-12-36)32-43(51-57-2)41-30-37(13-7-9-24-54)40(14-8-10-25-55)46(47(41)49)42-31-39(19-20-44(42)62-49)59-27-23-52-21-22-52/h3-6,11-12,15-20,30-31,37,40,45-47,54-55H,1,7-10,13-14,21-29,32-34H2,2H3/t37-,40+,45-,46+,47+,49+/m0/s1. The van der Waals surface area contributed by atoms with E-state index in [9.17, 15) is 19.4 Å². The van der Waals surface area contributed by atoms with Gasteiger partial charge in [0.1, 0.15) is 43.7 Å². The molecule has 1 amide bonds. The maximum Gasteiger partial charge on any atom is 0.410 e. The summed E-state index contributed by atoms with van der Waals surface area (Å²) in [5.74, 6) is -1.08. The fourth-order valence-corrected chi connectivity index (χ4v) is 9.56. The van der Waals surface area contributed by atoms with Crippen LogP contribution in [0.1, 0.15) is 67.6 Å². The maximum atomic E-state index is 14.7. The molecule has 7 rings (SSSR count). The number of nitrogens with zero attached hydrogens (tertiary/aromatic N) is 3. The molecule has 1 saturated carbocycles. The fraction of sp³-hybridized carbons (Fsp3) is 0.510. The fourth-order valence-electron chi connectivity index (χ4n) is 9.56. The Morgan fingerprint density at radius 2 is 1.76 bits per heavy atom. The van der Waals surface area contributed by atoms with Gasteiger partial charge in [0.15, 0.2) is 0 Å². The summed E-state index contributed by atoms with van der Waals surface area (Å²) in [6.45, 7) is 8.46. The topological polar surface area (TPSA) is 132 Å². The number of halogens is 1. The van der Waals surface area contributed by atoms with Gasteiger partial charge in [-0.15, -0.1) is 6.58 Å². The van der Waals surface area contributed by atoms with Gasteiger partial charge in [-0.05, 0) is 84.6 Å². The Bertz CT molecular complexity index is 1980. The van der Waals surface area contributed by atoms with Gasteiger partial charge in [-0.1, -0.05) is 72.6 Å². The van der Waals surface area contributed by atoms with E-state index in [0.717, 1.165) is 67.8 Å². The van der Waals surface area contributed by atoms with Gasteiger partial charge in [0.05, 0.1) is 31.5 Å². The van der Waals surface area contributed by atoms with Crippen molar-refractivity contribution in [3.63, 3.8) is 0 Å². The number of carbonyl (C=O) groups is 1. The molecule has 0 spiro atoms. The van der Waals surface area contributed by atoms with Gasteiger partial charge in [-0.25, -0.2) is 9.18 Å². The Hall–Kier alpha value is -4.79. The zero-order chi connectivity index (χ0) is 43.3. The predicted molar refractivity (Wildman–Crippen MR) is 233 cm³/mol. The van der Waals surface area contributed by atoms with Crippen molar-refractivity contribution < 1.29 is 47.9 Å². The molecule has 0 aromatic heterocycles. The van der Waals surface area contributed by atoms with E-state index >= 15 is 0 Å². The smallest absolute Gasteiger partial charge is 0.410 e. The second-order valence-corrected chi connectivity index (χ2v) is 16.6. The molecule has 62 heavy (non-hydrogen) atoms. The number of oxime groups is 1. The normalized spacial score (nSPS) is 24.3. The van der Waals surface area contributed by atoms with Crippen LogP contribution in [0.4, 0.5) is 9.18 Å². The molecule has 4 aliphatic rings. The first-order valence-corrected chi connectivity index (χ1v) is 22.1. The lowest BCUT2D eigenvalue weighted by Gasteiger charge is -2.59. The Balaban J connectivity index is 1.33. The number of amides is 1. The van der Waals surface area contributed by atoms with E-state index in [2.05, 4.69) is 28.8 Å². The number of ether oxygens (including phenoxy) is 5. The second-order valence-electron chi connectivity index (χ2n) is 16.6. The predicted octanol–water partition coefficient (Wildman–Crippen LogP) is 7.64. The summed E-state index contributed by atoms with van der Waals surface area (Å²) in [5.41, 5.74) is 4.25. The third-order valence-electron chi connectivity index (χ3n) is 12.5. The summed E-state index contributed by atoms with van der Waals surface area (Å²) >= 11 is 0. The van der Waals surface area contributed by atoms with Crippen molar-refractivity contribution in [2.24, 2.45) is 22.9 Å². The highest BCUT2D eigenvalue weighted by molar-refractivity contribution is 6.03. The highest BCUT2D eigenvalue weighted by Crippen LogP contribution is 2.62. The van der Waals surface area contributed by atoms with E-state index in [1.165, 1.54) is 19.2 Å². The monoisotopic (exact) mass is 855 g/mol. The van der Waals surface area contributed by atoms with Crippen LogP contribution in [-0.2, 0) is 32.2 Å². The van der Waals surface area contributed by atoms with Gasteiger partial charge in [0, 0.05) is 57.3 Å². The summed E-state index contributed by atoms with van der Waals surface area (Å²) in [6.07, 6.45) is 8.14. The summed E-state index contributed by atoms with van der Waals surface area (Å²) in [4.78, 5) is 24.2. The SMILES string of the molecule is C=CCO[C@@]12Oc3ccc(OCCN4CC4)cc3[C@H]3[C@H](CCCCO)[C@@H](CCCCO)C=C(C(=NOC)C[C@@H]1N(Cc1ccc(F)cc1)C(=O)OCCOCc1ccccc1)[C@H]32. The molecule has 0 radical (unpaired) electrons. The first kappa shape index (κ1) is 45.2. The third-order valence-corrected chi connectivity index (χ3v) is 12.5. The summed E-state index contributed by atoms with van der Waals surface area (Å²) in [7, 11) is 1.52. The van der Waals surface area contributed by atoms with E-state index in [0.29, 0.717) is 43.1 Å². The number of aliphatic hydroxyl groups is 2. The van der Waals surface area contributed by atoms with Crippen molar-refractivity contribution in [2.75, 3.05) is 66.4 Å². The quantitative estimate of drug-likeness (QED) is 0.0401. The zero-order valence-electron chi connectivity index (χ0n) is 35.9. The Labute approximate surface area is 364 Å². The van der Waals surface area contributed by atoms with Crippen molar-refractivity contribution in [2.45, 2.75) is 75.8 Å². The van der Waals surface area contributed by atoms with Crippen molar-refractivity contribution >= 4 is 11.8 Å². The Kier molecular flexibility index (Phi) is 16.1. The minimum absolute atomic E-state index is 0.0122. The molecular weight excluding hydrogens is 794 g/mol. The number of hydrogen-bond acceptors (Lipinski definition) is 11. The Morgan fingerprint density at radius 3 is 2.48 bits per heavy atom. The minimum Gasteiger partial charge on any atom is -0.492 e. The lowest BCUT2D eigenvalue weighted by Crippen LogP contribution is -2.70. The lowest BCUT2D eigenvalue weighted by molar-refractivity contribution is -0.256. The zero-order valence-corrected chi connectivity index (χ0v) is 35.9. The molecule has 2 fully saturated rings. The summed E-state index contributed by atoms with van der Waals surface area (Å²) in [6, 6.07) is 21.0. The second kappa shape index (κ2) is 22.0. The van der Waals surface area contributed by atoms with E-state index in [1.54, 1.807) is 23.1 Å². The molecule has 13 heteroatoms. The summed E-state index contributed by atoms with van der Waals surface area (Å²) < 4.78 is 46.9.